The molecule has 0 radical (unpaired) electrons. The van der Waals surface area contributed by atoms with Crippen molar-refractivity contribution in [3.05, 3.63) is 65.4 Å². The standard InChI is InChI=1S/C16H13N3O/c17-9-15-14-3-1-2-4-16(14)19(18-15)10-12-5-7-13(11-20)8-6-12/h1-8,20H,10-11H2. The summed E-state index contributed by atoms with van der Waals surface area (Å²) in [6.45, 7) is 0.650. The predicted molar refractivity (Wildman–Crippen MR) is 75.9 cm³/mol. The minimum Gasteiger partial charge on any atom is -0.392 e. The quantitative estimate of drug-likeness (QED) is 0.789. The Hall–Kier alpha value is -2.64. The Balaban J connectivity index is 2.00. The number of para-hydroxylation sites is 1. The lowest BCUT2D eigenvalue weighted by molar-refractivity contribution is 0.282. The van der Waals surface area contributed by atoms with Crippen LogP contribution in [0.5, 0.6) is 0 Å². The molecule has 0 unspecified atom stereocenters. The molecule has 0 aliphatic carbocycles. The number of benzene rings is 2. The second-order valence-corrected chi connectivity index (χ2v) is 4.61. The fraction of sp³-hybridized carbons (Fsp3) is 0.125. The summed E-state index contributed by atoms with van der Waals surface area (Å²) in [5, 5.41) is 23.4. The second kappa shape index (κ2) is 5.16. The highest BCUT2D eigenvalue weighted by Gasteiger charge is 2.09. The van der Waals surface area contributed by atoms with E-state index in [1.807, 2.05) is 53.2 Å². The zero-order chi connectivity index (χ0) is 13.9. The Morgan fingerprint density at radius 2 is 1.75 bits per heavy atom. The third-order valence-electron chi connectivity index (χ3n) is 3.30. The van der Waals surface area contributed by atoms with Gasteiger partial charge >= 0.3 is 0 Å². The summed E-state index contributed by atoms with van der Waals surface area (Å²) in [6.07, 6.45) is 0. The molecule has 98 valence electrons. The molecule has 1 aromatic heterocycles. The predicted octanol–water partition coefficient (Wildman–Crippen LogP) is 2.45. The van der Waals surface area contributed by atoms with Crippen molar-refractivity contribution >= 4 is 10.9 Å². The van der Waals surface area contributed by atoms with Crippen LogP contribution in [0.1, 0.15) is 16.8 Å². The molecule has 3 rings (SSSR count). The van der Waals surface area contributed by atoms with Gasteiger partial charge in [0.1, 0.15) is 6.07 Å². The van der Waals surface area contributed by atoms with E-state index in [4.69, 9.17) is 10.4 Å². The van der Waals surface area contributed by atoms with Crippen molar-refractivity contribution < 1.29 is 5.11 Å². The minimum atomic E-state index is 0.0452. The van der Waals surface area contributed by atoms with Gasteiger partial charge in [-0.1, -0.05) is 36.4 Å². The summed E-state index contributed by atoms with van der Waals surface area (Å²) in [7, 11) is 0. The first kappa shape index (κ1) is 12.4. The molecule has 2 aromatic carbocycles. The Kier molecular flexibility index (Phi) is 3.20. The smallest absolute Gasteiger partial charge is 0.170 e. The van der Waals surface area contributed by atoms with Gasteiger partial charge in [0.05, 0.1) is 18.7 Å². The molecule has 3 aromatic rings. The normalized spacial score (nSPS) is 10.6. The van der Waals surface area contributed by atoms with E-state index >= 15 is 0 Å². The Labute approximate surface area is 116 Å². The number of rotatable bonds is 3. The molecule has 4 heteroatoms. The number of nitriles is 1. The van der Waals surface area contributed by atoms with Crippen molar-refractivity contribution in [2.45, 2.75) is 13.2 Å². The molecule has 0 spiro atoms. The van der Waals surface area contributed by atoms with Crippen molar-refractivity contribution in [3.63, 3.8) is 0 Å². The minimum absolute atomic E-state index is 0.0452. The van der Waals surface area contributed by atoms with E-state index in [-0.39, 0.29) is 6.61 Å². The van der Waals surface area contributed by atoms with Crippen LogP contribution in [0.4, 0.5) is 0 Å². The molecule has 0 fully saturated rings. The SMILES string of the molecule is N#Cc1nn(Cc2ccc(CO)cc2)c2ccccc12. The van der Waals surface area contributed by atoms with Crippen molar-refractivity contribution in [2.24, 2.45) is 0 Å². The van der Waals surface area contributed by atoms with E-state index in [1.54, 1.807) is 0 Å². The fourth-order valence-electron chi connectivity index (χ4n) is 2.25. The largest absolute Gasteiger partial charge is 0.392 e. The summed E-state index contributed by atoms with van der Waals surface area (Å²) in [5.74, 6) is 0. The van der Waals surface area contributed by atoms with Crippen molar-refractivity contribution in [2.75, 3.05) is 0 Å². The molecule has 0 amide bonds. The van der Waals surface area contributed by atoms with Gasteiger partial charge < -0.3 is 5.11 Å². The lowest BCUT2D eigenvalue weighted by atomic mass is 10.1. The number of hydrogen-bond donors (Lipinski definition) is 1. The highest BCUT2D eigenvalue weighted by Crippen LogP contribution is 2.19. The topological polar surface area (TPSA) is 61.8 Å². The van der Waals surface area contributed by atoms with E-state index in [0.717, 1.165) is 22.0 Å². The first-order valence-electron chi connectivity index (χ1n) is 6.36. The maximum atomic E-state index is 9.13. The van der Waals surface area contributed by atoms with Crippen LogP contribution in [0.25, 0.3) is 10.9 Å². The summed E-state index contributed by atoms with van der Waals surface area (Å²) in [6, 6.07) is 17.6. The van der Waals surface area contributed by atoms with Gasteiger partial charge in [-0.25, -0.2) is 0 Å². The summed E-state index contributed by atoms with van der Waals surface area (Å²) < 4.78 is 1.84. The Bertz CT molecular complexity index is 782. The Morgan fingerprint density at radius 1 is 1.05 bits per heavy atom. The van der Waals surface area contributed by atoms with E-state index in [2.05, 4.69) is 11.2 Å². The number of fused-ring (bicyclic) bond motifs is 1. The summed E-state index contributed by atoms with van der Waals surface area (Å²) in [5.41, 5.74) is 3.37. The molecule has 0 saturated carbocycles. The van der Waals surface area contributed by atoms with E-state index in [1.165, 1.54) is 0 Å². The number of hydrogen-bond acceptors (Lipinski definition) is 3. The van der Waals surface area contributed by atoms with Crippen LogP contribution in [0.2, 0.25) is 0 Å². The molecular weight excluding hydrogens is 250 g/mol. The number of nitrogens with zero attached hydrogens (tertiary/aromatic N) is 3. The fourth-order valence-corrected chi connectivity index (χ4v) is 2.25. The Morgan fingerprint density at radius 3 is 2.45 bits per heavy atom. The highest BCUT2D eigenvalue weighted by molar-refractivity contribution is 5.84. The van der Waals surface area contributed by atoms with Crippen LogP contribution in [0.15, 0.2) is 48.5 Å². The van der Waals surface area contributed by atoms with Crippen LogP contribution in [-0.4, -0.2) is 14.9 Å². The van der Waals surface area contributed by atoms with Gasteiger partial charge in [-0.3, -0.25) is 4.68 Å². The van der Waals surface area contributed by atoms with E-state index in [0.29, 0.717) is 12.2 Å². The molecule has 0 saturated heterocycles. The first-order chi connectivity index (χ1) is 9.81. The molecule has 0 aliphatic heterocycles. The maximum Gasteiger partial charge on any atom is 0.170 e. The second-order valence-electron chi connectivity index (χ2n) is 4.61. The third kappa shape index (κ3) is 2.15. The summed E-state index contributed by atoms with van der Waals surface area (Å²) >= 11 is 0. The average Bonchev–Trinajstić information content (AvgIpc) is 2.86. The number of aliphatic hydroxyl groups excluding tert-OH is 1. The summed E-state index contributed by atoms with van der Waals surface area (Å²) in [4.78, 5) is 0. The average molecular weight is 263 g/mol. The van der Waals surface area contributed by atoms with Gasteiger partial charge in [0.2, 0.25) is 0 Å². The van der Waals surface area contributed by atoms with Crippen LogP contribution in [-0.2, 0) is 13.2 Å². The van der Waals surface area contributed by atoms with Crippen LogP contribution in [0.3, 0.4) is 0 Å². The molecule has 1 N–H and O–H groups in total. The molecular formula is C16H13N3O. The van der Waals surface area contributed by atoms with Gasteiger partial charge in [-0.05, 0) is 23.3 Å². The number of aliphatic hydroxyl groups is 1. The molecule has 1 heterocycles. The van der Waals surface area contributed by atoms with Crippen LogP contribution >= 0.6 is 0 Å². The zero-order valence-corrected chi connectivity index (χ0v) is 10.8. The van der Waals surface area contributed by atoms with Gasteiger partial charge in [0.15, 0.2) is 5.69 Å². The van der Waals surface area contributed by atoms with Gasteiger partial charge in [0, 0.05) is 5.39 Å². The van der Waals surface area contributed by atoms with Crippen molar-refractivity contribution in [1.82, 2.24) is 9.78 Å². The lowest BCUT2D eigenvalue weighted by Gasteiger charge is -2.04. The maximum absolute atomic E-state index is 9.13. The number of aromatic nitrogens is 2. The first-order valence-corrected chi connectivity index (χ1v) is 6.36. The van der Waals surface area contributed by atoms with Crippen LogP contribution < -0.4 is 0 Å². The van der Waals surface area contributed by atoms with Gasteiger partial charge in [-0.15, -0.1) is 0 Å². The zero-order valence-electron chi connectivity index (χ0n) is 10.8. The monoisotopic (exact) mass is 263 g/mol. The van der Waals surface area contributed by atoms with Crippen molar-refractivity contribution in [1.29, 1.82) is 5.26 Å². The molecule has 0 aliphatic rings. The molecule has 0 bridgehead atoms. The van der Waals surface area contributed by atoms with Crippen LogP contribution in [0, 0.1) is 11.3 Å². The van der Waals surface area contributed by atoms with Gasteiger partial charge in [0.25, 0.3) is 0 Å². The lowest BCUT2D eigenvalue weighted by Crippen LogP contribution is -2.02. The molecule has 20 heavy (non-hydrogen) atoms. The third-order valence-corrected chi connectivity index (χ3v) is 3.30. The molecule has 4 nitrogen and oxygen atoms in total. The van der Waals surface area contributed by atoms with E-state index in [9.17, 15) is 0 Å². The van der Waals surface area contributed by atoms with Gasteiger partial charge in [-0.2, -0.15) is 10.4 Å². The van der Waals surface area contributed by atoms with E-state index < -0.39 is 0 Å². The highest BCUT2D eigenvalue weighted by atomic mass is 16.3. The van der Waals surface area contributed by atoms with Crippen molar-refractivity contribution in [3.8, 4) is 6.07 Å². The molecule has 0 atom stereocenters.